The van der Waals surface area contributed by atoms with Crippen LogP contribution in [-0.2, 0) is 15.5 Å². The van der Waals surface area contributed by atoms with Gasteiger partial charge >= 0.3 is 0 Å². The van der Waals surface area contributed by atoms with E-state index in [9.17, 15) is 18.4 Å². The number of Topliss-reactive ketones (excluding diaryl/α,β-unsaturated/α-hetero) is 1. The minimum Gasteiger partial charge on any atom is -0.326 e. The van der Waals surface area contributed by atoms with E-state index in [1.165, 1.54) is 43.9 Å². The Morgan fingerprint density at radius 2 is 1.90 bits per heavy atom. The number of fused-ring (bicyclic) bond motifs is 1. The zero-order valence-electron chi connectivity index (χ0n) is 17.9. The average molecular weight is 419 g/mol. The Morgan fingerprint density at radius 1 is 1.17 bits per heavy atom. The van der Waals surface area contributed by atoms with Crippen molar-refractivity contribution in [3.63, 3.8) is 0 Å². The van der Waals surface area contributed by atoms with Gasteiger partial charge in [0.25, 0.3) is 5.92 Å². The number of piperidine rings is 1. The third kappa shape index (κ3) is 4.74. The molecule has 2 saturated carbocycles. The van der Waals surface area contributed by atoms with Gasteiger partial charge in [0.2, 0.25) is 5.91 Å². The van der Waals surface area contributed by atoms with Gasteiger partial charge in [-0.15, -0.1) is 0 Å². The lowest BCUT2D eigenvalue weighted by Gasteiger charge is -2.35. The van der Waals surface area contributed by atoms with E-state index in [4.69, 9.17) is 0 Å². The van der Waals surface area contributed by atoms with Crippen LogP contribution in [0, 0.1) is 23.7 Å². The minimum atomic E-state index is -2.95. The first-order valence-electron chi connectivity index (χ1n) is 11.3. The third-order valence-corrected chi connectivity index (χ3v) is 7.27. The molecule has 3 aliphatic rings. The molecule has 4 rings (SSSR count). The van der Waals surface area contributed by atoms with Crippen LogP contribution in [0.1, 0.15) is 57.9 Å². The Bertz CT molecular complexity index is 795. The van der Waals surface area contributed by atoms with Crippen molar-refractivity contribution < 1.29 is 18.4 Å². The van der Waals surface area contributed by atoms with Gasteiger partial charge in [-0.1, -0.05) is 31.9 Å². The number of halogens is 2. The number of amides is 1. The summed E-state index contributed by atoms with van der Waals surface area (Å²) in [7, 11) is 0. The quantitative estimate of drug-likeness (QED) is 0.689. The Kier molecular flexibility index (Phi) is 5.97. The minimum absolute atomic E-state index is 0.103. The van der Waals surface area contributed by atoms with E-state index < -0.39 is 5.92 Å². The van der Waals surface area contributed by atoms with Crippen LogP contribution in [0.4, 0.5) is 14.5 Å². The van der Waals surface area contributed by atoms with E-state index in [1.807, 2.05) is 0 Å². The van der Waals surface area contributed by atoms with Crippen molar-refractivity contribution in [1.82, 2.24) is 4.90 Å². The number of hydrogen-bond donors (Lipinski definition) is 1. The van der Waals surface area contributed by atoms with Crippen LogP contribution in [0.15, 0.2) is 24.3 Å². The molecule has 164 valence electrons. The van der Waals surface area contributed by atoms with Crippen LogP contribution in [-0.4, -0.2) is 35.7 Å². The summed E-state index contributed by atoms with van der Waals surface area (Å²) in [6, 6.07) is 6.39. The molecule has 0 spiro atoms. The molecule has 1 heterocycles. The number of anilines is 1. The summed E-state index contributed by atoms with van der Waals surface area (Å²) in [5, 5.41) is 2.64. The Balaban J connectivity index is 1.21. The maximum Gasteiger partial charge on any atom is 0.270 e. The van der Waals surface area contributed by atoms with E-state index in [2.05, 4.69) is 17.1 Å². The summed E-state index contributed by atoms with van der Waals surface area (Å²) in [5.74, 6) is -1.20. The number of nitrogens with one attached hydrogen (secondary N) is 1. The van der Waals surface area contributed by atoms with E-state index >= 15 is 0 Å². The van der Waals surface area contributed by atoms with Gasteiger partial charge in [-0.2, -0.15) is 0 Å². The fourth-order valence-electron chi connectivity index (χ4n) is 5.57. The number of nitrogens with zero attached hydrogens (tertiary/aromatic N) is 1. The van der Waals surface area contributed by atoms with Crippen molar-refractivity contribution in [2.24, 2.45) is 23.7 Å². The maximum atomic E-state index is 13.4. The lowest BCUT2D eigenvalue weighted by molar-refractivity contribution is -0.124. The molecule has 3 fully saturated rings. The van der Waals surface area contributed by atoms with Crippen LogP contribution >= 0.6 is 0 Å². The Labute approximate surface area is 177 Å². The standard InChI is InChI=1S/C24H32F2N2O2/c1-15-5-3-8-18(11-15)28-13-19-20(14-28)23(19)21(29)9-10-22(30)27-17-7-4-6-16(12-17)24(2,25)26/h4,6-7,12,15,18-20,23H,3,5,8-11,13-14H2,1-2H3,(H,27,30)/t15?,18?,19-,20+,23?. The molecule has 1 aromatic carbocycles. The molecular weight excluding hydrogens is 386 g/mol. The normalized spacial score (nSPS) is 31.3. The molecule has 1 aliphatic heterocycles. The number of hydrogen-bond acceptors (Lipinski definition) is 3. The zero-order valence-corrected chi connectivity index (χ0v) is 17.9. The smallest absolute Gasteiger partial charge is 0.270 e. The lowest BCUT2D eigenvalue weighted by atomic mass is 9.86. The molecule has 5 atom stereocenters. The van der Waals surface area contributed by atoms with E-state index in [0.717, 1.165) is 25.9 Å². The fraction of sp³-hybridized carbons (Fsp3) is 0.667. The Morgan fingerprint density at radius 3 is 2.57 bits per heavy atom. The molecule has 1 aromatic rings. The van der Waals surface area contributed by atoms with Gasteiger partial charge in [0.1, 0.15) is 5.78 Å². The molecule has 4 nitrogen and oxygen atoms in total. The molecule has 6 heteroatoms. The van der Waals surface area contributed by atoms with Gasteiger partial charge in [-0.05, 0) is 42.7 Å². The van der Waals surface area contributed by atoms with Crippen LogP contribution in [0.25, 0.3) is 0 Å². The molecule has 3 unspecified atom stereocenters. The second kappa shape index (κ2) is 8.37. The second-order valence-electron chi connectivity index (χ2n) is 9.72. The molecule has 2 aliphatic carbocycles. The van der Waals surface area contributed by atoms with Gasteiger partial charge < -0.3 is 5.32 Å². The highest BCUT2D eigenvalue weighted by atomic mass is 19.3. The van der Waals surface area contributed by atoms with E-state index in [1.54, 1.807) is 6.07 Å². The van der Waals surface area contributed by atoms with Crippen molar-refractivity contribution in [2.45, 2.75) is 64.3 Å². The molecule has 1 N–H and O–H groups in total. The van der Waals surface area contributed by atoms with Crippen LogP contribution in [0.2, 0.25) is 0 Å². The summed E-state index contributed by atoms with van der Waals surface area (Å²) in [5.41, 5.74) is 0.200. The highest BCUT2D eigenvalue weighted by molar-refractivity contribution is 5.94. The Hall–Kier alpha value is -1.82. The van der Waals surface area contributed by atoms with Gasteiger partial charge in [0.05, 0.1) is 0 Å². The predicted octanol–water partition coefficient (Wildman–Crippen LogP) is 4.84. The maximum absolute atomic E-state index is 13.4. The number of rotatable bonds is 7. The van der Waals surface area contributed by atoms with Crippen molar-refractivity contribution >= 4 is 17.4 Å². The SMILES string of the molecule is CC1CCCC(N2C[C@@H]3C(C(=O)CCC(=O)Nc4cccc(C(C)(F)F)c4)[C@@H]3C2)C1. The fourth-order valence-corrected chi connectivity index (χ4v) is 5.57. The summed E-state index contributed by atoms with van der Waals surface area (Å²) >= 11 is 0. The summed E-state index contributed by atoms with van der Waals surface area (Å²) in [4.78, 5) is 27.4. The van der Waals surface area contributed by atoms with Gasteiger partial charge in [0.15, 0.2) is 0 Å². The zero-order chi connectivity index (χ0) is 21.5. The highest BCUT2D eigenvalue weighted by Gasteiger charge is 2.59. The van der Waals surface area contributed by atoms with Gasteiger partial charge in [-0.25, -0.2) is 8.78 Å². The largest absolute Gasteiger partial charge is 0.326 e. The van der Waals surface area contributed by atoms with Gasteiger partial charge in [-0.3, -0.25) is 14.5 Å². The molecule has 0 aromatic heterocycles. The van der Waals surface area contributed by atoms with Crippen LogP contribution in [0.5, 0.6) is 0 Å². The molecule has 1 amide bonds. The molecule has 1 saturated heterocycles. The van der Waals surface area contributed by atoms with Crippen LogP contribution in [0.3, 0.4) is 0 Å². The second-order valence-corrected chi connectivity index (χ2v) is 9.72. The number of alkyl halides is 2. The van der Waals surface area contributed by atoms with E-state index in [0.29, 0.717) is 23.6 Å². The van der Waals surface area contributed by atoms with Crippen molar-refractivity contribution in [1.29, 1.82) is 0 Å². The topological polar surface area (TPSA) is 49.4 Å². The predicted molar refractivity (Wildman–Crippen MR) is 112 cm³/mol. The molecule has 30 heavy (non-hydrogen) atoms. The number of carbonyl (C=O) groups is 2. The third-order valence-electron chi connectivity index (χ3n) is 7.27. The van der Waals surface area contributed by atoms with Crippen molar-refractivity contribution in [3.05, 3.63) is 29.8 Å². The summed E-state index contributed by atoms with van der Waals surface area (Å²) < 4.78 is 26.9. The lowest BCUT2D eigenvalue weighted by Crippen LogP contribution is -2.39. The number of likely N-dealkylation sites (tertiary alicyclic amines) is 1. The number of ketones is 1. The molecule has 0 bridgehead atoms. The first-order valence-corrected chi connectivity index (χ1v) is 11.3. The van der Waals surface area contributed by atoms with Crippen molar-refractivity contribution in [2.75, 3.05) is 18.4 Å². The van der Waals surface area contributed by atoms with Crippen molar-refractivity contribution in [3.8, 4) is 0 Å². The van der Waals surface area contributed by atoms with Crippen LogP contribution < -0.4 is 5.32 Å². The first-order chi connectivity index (χ1) is 14.2. The highest BCUT2D eigenvalue weighted by Crippen LogP contribution is 2.53. The molecular formula is C24H32F2N2O2. The number of benzene rings is 1. The van der Waals surface area contributed by atoms with E-state index in [-0.39, 0.29) is 36.0 Å². The monoisotopic (exact) mass is 418 g/mol. The average Bonchev–Trinajstić information content (AvgIpc) is 3.19. The first kappa shape index (κ1) is 21.4. The summed E-state index contributed by atoms with van der Waals surface area (Å²) in [6.45, 7) is 5.23. The summed E-state index contributed by atoms with van der Waals surface area (Å²) in [6.07, 6.45) is 5.55. The number of carbonyl (C=O) groups excluding carboxylic acids is 2. The molecule has 0 radical (unpaired) electrons. The van der Waals surface area contributed by atoms with Gasteiger partial charge in [0, 0.05) is 56.1 Å².